The molecule has 6 heteroatoms. The molecule has 2 rings (SSSR count). The number of carbonyl (C=O) groups is 2. The van der Waals surface area contributed by atoms with Gasteiger partial charge < -0.3 is 9.47 Å². The Morgan fingerprint density at radius 3 is 1.50 bits per heavy atom. The first-order valence-corrected chi connectivity index (χ1v) is 12.3. The Bertz CT molecular complexity index is 521. The van der Waals surface area contributed by atoms with Crippen LogP contribution >= 0.6 is 0 Å². The number of hydrogen-bond acceptors (Lipinski definition) is 5. The first-order chi connectivity index (χ1) is 13.1. The summed E-state index contributed by atoms with van der Waals surface area (Å²) in [5.41, 5.74) is 0.204. The molecule has 0 radical (unpaired) electrons. The van der Waals surface area contributed by atoms with Crippen LogP contribution in [0.4, 0.5) is 0 Å². The van der Waals surface area contributed by atoms with Gasteiger partial charge in [0.15, 0.2) is 0 Å². The van der Waals surface area contributed by atoms with Gasteiger partial charge in [0, 0.05) is 34.1 Å². The van der Waals surface area contributed by atoms with Crippen molar-refractivity contribution in [1.82, 2.24) is 0 Å². The molecule has 2 heterocycles. The predicted octanol–water partition coefficient (Wildman–Crippen LogP) is 4.25. The van der Waals surface area contributed by atoms with E-state index in [2.05, 4.69) is 27.7 Å². The van der Waals surface area contributed by atoms with Crippen LogP contribution in [-0.4, -0.2) is 40.9 Å². The molecule has 0 amide bonds. The van der Waals surface area contributed by atoms with Gasteiger partial charge >= 0.3 is 11.9 Å². The predicted molar refractivity (Wildman–Crippen MR) is 111 cm³/mol. The quantitative estimate of drug-likeness (QED) is 0.353. The zero-order valence-corrected chi connectivity index (χ0v) is 18.9. The van der Waals surface area contributed by atoms with E-state index in [0.29, 0.717) is 37.9 Å². The summed E-state index contributed by atoms with van der Waals surface area (Å²) in [6, 6.07) is 0. The average molecular weight is 415 g/mol. The minimum atomic E-state index is -0.749. The van der Waals surface area contributed by atoms with Crippen LogP contribution in [0.3, 0.4) is 0 Å². The fraction of sp³-hybridized carbons (Fsp3) is 0.909. The summed E-state index contributed by atoms with van der Waals surface area (Å²) in [4.78, 5) is 22.6. The maximum atomic E-state index is 12.3. The highest BCUT2D eigenvalue weighted by Gasteiger charge is 2.37. The standard InChI is InChI=1S/C22H38O5S/c1-21(2,17-13-19(23)26-15-17)9-5-7-11-28(25)12-8-6-10-22(3,4)18-14-20(24)27-16-18/h17-18H,5-16H2,1-4H3. The van der Waals surface area contributed by atoms with Crippen molar-refractivity contribution in [2.75, 3.05) is 24.7 Å². The van der Waals surface area contributed by atoms with Gasteiger partial charge in [0.2, 0.25) is 0 Å². The number of unbranched alkanes of at least 4 members (excludes halogenated alkanes) is 2. The van der Waals surface area contributed by atoms with Crippen LogP contribution in [-0.2, 0) is 29.9 Å². The van der Waals surface area contributed by atoms with Gasteiger partial charge in [0.05, 0.1) is 26.1 Å². The maximum absolute atomic E-state index is 12.3. The fourth-order valence-electron chi connectivity index (χ4n) is 4.23. The van der Waals surface area contributed by atoms with Gasteiger partial charge in [-0.05, 0) is 36.5 Å². The summed E-state index contributed by atoms with van der Waals surface area (Å²) in [5.74, 6) is 2.02. The third kappa shape index (κ3) is 7.16. The molecular formula is C22H38O5S. The van der Waals surface area contributed by atoms with Crippen LogP contribution in [0.15, 0.2) is 0 Å². The number of cyclic esters (lactones) is 2. The summed E-state index contributed by atoms with van der Waals surface area (Å²) >= 11 is 0. The van der Waals surface area contributed by atoms with E-state index < -0.39 is 10.8 Å². The van der Waals surface area contributed by atoms with Crippen LogP contribution in [0.25, 0.3) is 0 Å². The second kappa shape index (κ2) is 10.2. The molecule has 2 aliphatic rings. The third-order valence-electron chi connectivity index (χ3n) is 6.81. The molecule has 28 heavy (non-hydrogen) atoms. The highest BCUT2D eigenvalue weighted by atomic mass is 32.2. The summed E-state index contributed by atoms with van der Waals surface area (Å²) in [5, 5.41) is 0. The number of esters is 2. The zero-order chi connectivity index (χ0) is 20.8. The van der Waals surface area contributed by atoms with E-state index in [1.807, 2.05) is 0 Å². The van der Waals surface area contributed by atoms with Gasteiger partial charge in [-0.25, -0.2) is 0 Å². The number of hydrogen-bond donors (Lipinski definition) is 0. The molecular weight excluding hydrogens is 376 g/mol. The largest absolute Gasteiger partial charge is 0.465 e. The second-order valence-electron chi connectivity index (χ2n) is 9.91. The number of carbonyl (C=O) groups excluding carboxylic acids is 2. The van der Waals surface area contributed by atoms with Gasteiger partial charge in [0.25, 0.3) is 0 Å². The monoisotopic (exact) mass is 414 g/mol. The van der Waals surface area contributed by atoms with Crippen molar-refractivity contribution in [3.05, 3.63) is 0 Å². The Hall–Kier alpha value is -0.910. The Morgan fingerprint density at radius 2 is 1.18 bits per heavy atom. The molecule has 2 fully saturated rings. The SMILES string of the molecule is CC(C)(CCCCS(=O)CCCCC(C)(C)C1COC(=O)C1)C1COC(=O)C1. The molecule has 0 spiro atoms. The van der Waals surface area contributed by atoms with Crippen molar-refractivity contribution in [2.24, 2.45) is 22.7 Å². The fourth-order valence-corrected chi connectivity index (χ4v) is 5.48. The Morgan fingerprint density at radius 1 is 0.786 bits per heavy atom. The molecule has 0 N–H and O–H groups in total. The van der Waals surface area contributed by atoms with Crippen molar-refractivity contribution in [3.8, 4) is 0 Å². The third-order valence-corrected chi connectivity index (χ3v) is 8.30. The van der Waals surface area contributed by atoms with Crippen LogP contribution in [0.1, 0.15) is 79.1 Å². The van der Waals surface area contributed by atoms with Crippen molar-refractivity contribution < 1.29 is 23.3 Å². The first-order valence-electron chi connectivity index (χ1n) is 10.8. The number of ether oxygens (including phenoxy) is 2. The van der Waals surface area contributed by atoms with E-state index in [0.717, 1.165) is 50.0 Å². The topological polar surface area (TPSA) is 69.7 Å². The van der Waals surface area contributed by atoms with Crippen LogP contribution < -0.4 is 0 Å². The Balaban J connectivity index is 1.54. The van der Waals surface area contributed by atoms with E-state index in [1.54, 1.807) is 0 Å². The van der Waals surface area contributed by atoms with Crippen LogP contribution in [0.2, 0.25) is 0 Å². The molecule has 0 saturated carbocycles. The second-order valence-corrected chi connectivity index (χ2v) is 11.6. The van der Waals surface area contributed by atoms with E-state index >= 15 is 0 Å². The molecule has 2 saturated heterocycles. The molecule has 2 aliphatic heterocycles. The molecule has 162 valence electrons. The average Bonchev–Trinajstić information content (AvgIpc) is 3.25. The van der Waals surface area contributed by atoms with Crippen LogP contribution in [0.5, 0.6) is 0 Å². The Kier molecular flexibility index (Phi) is 8.53. The molecule has 2 atom stereocenters. The summed E-state index contributed by atoms with van der Waals surface area (Å²) in [6.45, 7) is 9.94. The maximum Gasteiger partial charge on any atom is 0.306 e. The van der Waals surface area contributed by atoms with Gasteiger partial charge in [-0.15, -0.1) is 0 Å². The highest BCUT2D eigenvalue weighted by molar-refractivity contribution is 7.84. The molecule has 0 bridgehead atoms. The Labute approximate surface area is 172 Å². The molecule has 0 aromatic heterocycles. The normalized spacial score (nSPS) is 24.3. The van der Waals surface area contributed by atoms with Crippen molar-refractivity contribution in [3.63, 3.8) is 0 Å². The lowest BCUT2D eigenvalue weighted by Crippen LogP contribution is -2.24. The van der Waals surface area contributed by atoms with Gasteiger partial charge in [-0.3, -0.25) is 13.8 Å². The molecule has 2 unspecified atom stereocenters. The van der Waals surface area contributed by atoms with Crippen molar-refractivity contribution in [1.29, 1.82) is 0 Å². The van der Waals surface area contributed by atoms with E-state index in [9.17, 15) is 13.8 Å². The van der Waals surface area contributed by atoms with Crippen molar-refractivity contribution in [2.45, 2.75) is 79.1 Å². The first kappa shape index (κ1) is 23.4. The minimum Gasteiger partial charge on any atom is -0.465 e. The lowest BCUT2D eigenvalue weighted by molar-refractivity contribution is -0.138. The van der Waals surface area contributed by atoms with Gasteiger partial charge in [0.1, 0.15) is 0 Å². The molecule has 0 aliphatic carbocycles. The summed E-state index contributed by atoms with van der Waals surface area (Å²) in [7, 11) is -0.749. The highest BCUT2D eigenvalue weighted by Crippen LogP contribution is 2.39. The van der Waals surface area contributed by atoms with Gasteiger partial charge in [-0.1, -0.05) is 40.5 Å². The minimum absolute atomic E-state index is 0.0746. The lowest BCUT2D eigenvalue weighted by atomic mass is 9.75. The molecule has 0 aromatic rings. The van der Waals surface area contributed by atoms with E-state index in [1.165, 1.54) is 0 Å². The summed E-state index contributed by atoms with van der Waals surface area (Å²) in [6.07, 6.45) is 7.21. The lowest BCUT2D eigenvalue weighted by Gasteiger charge is -2.30. The van der Waals surface area contributed by atoms with E-state index in [-0.39, 0.29) is 22.8 Å². The molecule has 5 nitrogen and oxygen atoms in total. The van der Waals surface area contributed by atoms with Crippen molar-refractivity contribution >= 4 is 22.7 Å². The number of rotatable bonds is 12. The van der Waals surface area contributed by atoms with Gasteiger partial charge in [-0.2, -0.15) is 0 Å². The molecule has 0 aromatic carbocycles. The zero-order valence-electron chi connectivity index (χ0n) is 18.1. The summed E-state index contributed by atoms with van der Waals surface area (Å²) < 4.78 is 22.5. The van der Waals surface area contributed by atoms with E-state index in [4.69, 9.17) is 9.47 Å². The smallest absolute Gasteiger partial charge is 0.306 e. The van der Waals surface area contributed by atoms with Crippen LogP contribution in [0, 0.1) is 22.7 Å².